The molecule has 4 aromatic rings. The molecule has 7 heteroatoms. The summed E-state index contributed by atoms with van der Waals surface area (Å²) >= 11 is 0. The lowest BCUT2D eigenvalue weighted by atomic mass is 9.90. The Labute approximate surface area is 236 Å². The van der Waals surface area contributed by atoms with Crippen LogP contribution in [-0.2, 0) is 4.79 Å². The van der Waals surface area contributed by atoms with Crippen molar-refractivity contribution >= 4 is 22.7 Å². The number of amides is 2. The molecule has 1 fully saturated rings. The lowest BCUT2D eigenvalue weighted by molar-refractivity contribution is -0.133. The number of H-pyrrole nitrogens is 1. The molecule has 208 valence electrons. The molecular weight excluding hydrogens is 498 g/mol. The molecule has 2 atom stereocenters. The van der Waals surface area contributed by atoms with Crippen molar-refractivity contribution in [1.29, 1.82) is 0 Å². The fraction of sp³-hybridized carbons (Fsp3) is 0.333. The maximum absolute atomic E-state index is 13.9. The number of para-hydroxylation sites is 1. The Kier molecular flexibility index (Phi) is 8.94. The summed E-state index contributed by atoms with van der Waals surface area (Å²) in [6.07, 6.45) is 2.18. The first-order valence-corrected chi connectivity index (χ1v) is 14.2. The number of nitrogens with zero attached hydrogens (tertiary/aromatic N) is 2. The number of aromatic nitrogens is 1. The molecule has 0 unspecified atom stereocenters. The van der Waals surface area contributed by atoms with Crippen LogP contribution in [0.4, 0.5) is 0 Å². The summed E-state index contributed by atoms with van der Waals surface area (Å²) in [4.78, 5) is 34.2. The third kappa shape index (κ3) is 6.43. The van der Waals surface area contributed by atoms with Gasteiger partial charge in [-0.25, -0.2) is 0 Å². The molecule has 3 aromatic carbocycles. The number of hydrogen-bond donors (Lipinski definition) is 3. The van der Waals surface area contributed by atoms with Crippen LogP contribution in [0.2, 0.25) is 0 Å². The molecule has 0 radical (unpaired) electrons. The van der Waals surface area contributed by atoms with Crippen molar-refractivity contribution in [1.82, 2.24) is 20.1 Å². The van der Waals surface area contributed by atoms with E-state index in [0.29, 0.717) is 38.3 Å². The summed E-state index contributed by atoms with van der Waals surface area (Å²) in [7, 11) is 1.83. The highest BCUT2D eigenvalue weighted by Crippen LogP contribution is 2.27. The molecule has 2 heterocycles. The second-order valence-corrected chi connectivity index (χ2v) is 10.7. The summed E-state index contributed by atoms with van der Waals surface area (Å²) in [5.41, 5.74) is 9.74. The van der Waals surface area contributed by atoms with Crippen molar-refractivity contribution < 1.29 is 9.59 Å². The fourth-order valence-corrected chi connectivity index (χ4v) is 5.74. The number of hydrogen-bond acceptors (Lipinski definition) is 4. The Balaban J connectivity index is 1.33. The van der Waals surface area contributed by atoms with Crippen molar-refractivity contribution in [2.45, 2.75) is 37.3 Å². The van der Waals surface area contributed by atoms with Gasteiger partial charge in [0.05, 0.1) is 6.04 Å². The molecule has 40 heavy (non-hydrogen) atoms. The van der Waals surface area contributed by atoms with Gasteiger partial charge in [0.15, 0.2) is 0 Å². The van der Waals surface area contributed by atoms with Gasteiger partial charge in [-0.3, -0.25) is 9.59 Å². The van der Waals surface area contributed by atoms with Crippen molar-refractivity contribution in [3.05, 3.63) is 108 Å². The number of rotatable bonds is 10. The molecule has 4 N–H and O–H groups in total. The van der Waals surface area contributed by atoms with E-state index in [9.17, 15) is 9.59 Å². The zero-order chi connectivity index (χ0) is 27.9. The van der Waals surface area contributed by atoms with Crippen molar-refractivity contribution in [3.63, 3.8) is 0 Å². The first-order chi connectivity index (χ1) is 19.5. The van der Waals surface area contributed by atoms with E-state index < -0.39 is 0 Å². The third-order valence-electron chi connectivity index (χ3n) is 7.90. The van der Waals surface area contributed by atoms with Gasteiger partial charge in [0.25, 0.3) is 5.91 Å². The Morgan fingerprint density at radius 1 is 1.00 bits per heavy atom. The summed E-state index contributed by atoms with van der Waals surface area (Å²) in [6.45, 7) is 2.27. The first kappa shape index (κ1) is 27.6. The molecule has 7 nitrogen and oxygen atoms in total. The van der Waals surface area contributed by atoms with Gasteiger partial charge < -0.3 is 25.8 Å². The van der Waals surface area contributed by atoms with Gasteiger partial charge >= 0.3 is 0 Å². The molecule has 0 bridgehead atoms. The van der Waals surface area contributed by atoms with Crippen molar-refractivity contribution in [2.24, 2.45) is 5.73 Å². The normalized spacial score (nSPS) is 17.8. The minimum atomic E-state index is -0.333. The quantitative estimate of drug-likeness (QED) is 0.280. The van der Waals surface area contributed by atoms with E-state index in [4.69, 9.17) is 5.73 Å². The predicted octanol–water partition coefficient (Wildman–Crippen LogP) is 4.37. The minimum absolute atomic E-state index is 0.0121. The van der Waals surface area contributed by atoms with Gasteiger partial charge in [-0.2, -0.15) is 0 Å². The second kappa shape index (κ2) is 12.9. The number of nitrogens with two attached hydrogens (primary N) is 1. The van der Waals surface area contributed by atoms with Crippen LogP contribution < -0.4 is 11.1 Å². The van der Waals surface area contributed by atoms with E-state index in [0.717, 1.165) is 23.7 Å². The number of aromatic amines is 1. The average Bonchev–Trinajstić information content (AvgIpc) is 3.37. The van der Waals surface area contributed by atoms with Crippen LogP contribution in [0.1, 0.15) is 46.8 Å². The second-order valence-electron chi connectivity index (χ2n) is 10.7. The summed E-state index contributed by atoms with van der Waals surface area (Å²) in [5.74, 6) is 0.124. The standard InChI is InChI=1S/C33H39N5O2/c1-37(32(39)31-21-26-15-8-9-16-29(26)36-31)22-27-18-20-38(33(40)30(35-27)17-10-19-34)23-28(24-11-4-2-5-12-24)25-13-6-3-7-14-25/h2-9,11-16,21,27-28,30,35-36H,10,17-20,22-23,34H2,1H3/t27-,30-/m0/s1. The zero-order valence-electron chi connectivity index (χ0n) is 23.1. The van der Waals surface area contributed by atoms with Crippen LogP contribution in [0.15, 0.2) is 91.0 Å². The lowest BCUT2D eigenvalue weighted by Crippen LogP contribution is -2.49. The molecule has 0 aliphatic carbocycles. The SMILES string of the molecule is CN(C[C@@H]1CCN(CC(c2ccccc2)c2ccccc2)C(=O)[C@H](CCCN)N1)C(=O)c1cc2ccccc2[nH]1. The maximum atomic E-state index is 13.9. The van der Waals surface area contributed by atoms with E-state index in [1.165, 1.54) is 11.1 Å². The lowest BCUT2D eigenvalue weighted by Gasteiger charge is -2.29. The molecular formula is C33H39N5O2. The molecule has 2 amide bonds. The maximum Gasteiger partial charge on any atom is 0.270 e. The van der Waals surface area contributed by atoms with Crippen molar-refractivity contribution in [2.75, 3.05) is 33.2 Å². The number of nitrogens with one attached hydrogen (secondary N) is 2. The highest BCUT2D eigenvalue weighted by Gasteiger charge is 2.33. The highest BCUT2D eigenvalue weighted by molar-refractivity contribution is 5.97. The molecule has 1 aromatic heterocycles. The number of benzene rings is 3. The first-order valence-electron chi connectivity index (χ1n) is 14.2. The summed E-state index contributed by atoms with van der Waals surface area (Å²) in [5, 5.41) is 4.61. The zero-order valence-corrected chi connectivity index (χ0v) is 23.1. The fourth-order valence-electron chi connectivity index (χ4n) is 5.74. The van der Waals surface area contributed by atoms with Gasteiger partial charge in [-0.15, -0.1) is 0 Å². The highest BCUT2D eigenvalue weighted by atomic mass is 16.2. The van der Waals surface area contributed by atoms with E-state index in [1.807, 2.05) is 54.4 Å². The van der Waals surface area contributed by atoms with Gasteiger partial charge in [0.1, 0.15) is 5.69 Å². The number of fused-ring (bicyclic) bond motifs is 1. The minimum Gasteiger partial charge on any atom is -0.351 e. The van der Waals surface area contributed by atoms with Crippen LogP contribution in [0.25, 0.3) is 10.9 Å². The van der Waals surface area contributed by atoms with E-state index >= 15 is 0 Å². The molecule has 1 saturated heterocycles. The Bertz CT molecular complexity index is 1330. The third-order valence-corrected chi connectivity index (χ3v) is 7.90. The molecule has 1 aliphatic heterocycles. The Morgan fingerprint density at radius 2 is 1.65 bits per heavy atom. The van der Waals surface area contributed by atoms with E-state index in [1.54, 1.807) is 4.90 Å². The number of carbonyl (C=O) groups excluding carboxylic acids is 2. The van der Waals surface area contributed by atoms with Crippen LogP contribution >= 0.6 is 0 Å². The average molecular weight is 538 g/mol. The Hall–Kier alpha value is -3.94. The molecule has 5 rings (SSSR count). The van der Waals surface area contributed by atoms with Crippen LogP contribution in [0, 0.1) is 0 Å². The van der Waals surface area contributed by atoms with Crippen LogP contribution in [0.5, 0.6) is 0 Å². The van der Waals surface area contributed by atoms with E-state index in [2.05, 4.69) is 58.8 Å². The topological polar surface area (TPSA) is 94.5 Å². The van der Waals surface area contributed by atoms with E-state index in [-0.39, 0.29) is 29.8 Å². The van der Waals surface area contributed by atoms with Gasteiger partial charge in [0, 0.05) is 49.5 Å². The summed E-state index contributed by atoms with van der Waals surface area (Å²) < 4.78 is 0. The smallest absolute Gasteiger partial charge is 0.270 e. The van der Waals surface area contributed by atoms with Crippen LogP contribution in [0.3, 0.4) is 0 Å². The number of likely N-dealkylation sites (N-methyl/N-ethyl adjacent to an activating group) is 1. The van der Waals surface area contributed by atoms with Gasteiger partial charge in [-0.1, -0.05) is 78.9 Å². The van der Waals surface area contributed by atoms with Crippen molar-refractivity contribution in [3.8, 4) is 0 Å². The predicted molar refractivity (Wildman–Crippen MR) is 160 cm³/mol. The van der Waals surface area contributed by atoms with Gasteiger partial charge in [-0.05, 0) is 49.1 Å². The molecule has 1 aliphatic rings. The van der Waals surface area contributed by atoms with Crippen LogP contribution in [-0.4, -0.2) is 71.9 Å². The Morgan fingerprint density at radius 3 is 2.30 bits per heavy atom. The van der Waals surface area contributed by atoms with Gasteiger partial charge in [0.2, 0.25) is 5.91 Å². The largest absolute Gasteiger partial charge is 0.351 e. The molecule has 0 spiro atoms. The summed E-state index contributed by atoms with van der Waals surface area (Å²) in [6, 6.07) is 30.2. The number of carbonyl (C=O) groups is 2. The molecule has 0 saturated carbocycles. The monoisotopic (exact) mass is 537 g/mol.